The number of aromatic nitrogens is 1. The number of carbonyl (C=O) groups excluding carboxylic acids is 2. The lowest BCUT2D eigenvalue weighted by molar-refractivity contribution is -0.133. The maximum atomic E-state index is 13.3. The van der Waals surface area contributed by atoms with Crippen LogP contribution in [-0.2, 0) is 9.53 Å². The lowest BCUT2D eigenvalue weighted by Gasteiger charge is -2.34. The molecule has 2 aromatic carbocycles. The number of hydrogen-bond acceptors (Lipinski definition) is 4. The maximum absolute atomic E-state index is 13.3. The molecule has 1 unspecified atom stereocenters. The number of fused-ring (bicyclic) bond motifs is 1. The molecule has 4 rings (SSSR count). The van der Waals surface area contributed by atoms with Gasteiger partial charge >= 0.3 is 6.09 Å². The highest BCUT2D eigenvalue weighted by Crippen LogP contribution is 2.34. The van der Waals surface area contributed by atoms with Crippen molar-refractivity contribution in [3.63, 3.8) is 0 Å². The molecule has 2 amide bonds. The average Bonchev–Trinajstić information content (AvgIpc) is 3.27. The van der Waals surface area contributed by atoms with Crippen LogP contribution in [0, 0.1) is 0 Å². The van der Waals surface area contributed by atoms with Crippen molar-refractivity contribution in [3.05, 3.63) is 65.9 Å². The van der Waals surface area contributed by atoms with Crippen molar-refractivity contribution in [1.29, 1.82) is 0 Å². The van der Waals surface area contributed by atoms with E-state index in [9.17, 15) is 9.59 Å². The number of amides is 2. The van der Waals surface area contributed by atoms with Crippen LogP contribution in [0.25, 0.3) is 10.9 Å². The fourth-order valence-electron chi connectivity index (χ4n) is 4.28. The Morgan fingerprint density at radius 3 is 2.38 bits per heavy atom. The number of nitrogens with zero attached hydrogens (tertiary/aromatic N) is 2. The zero-order valence-corrected chi connectivity index (χ0v) is 18.5. The number of para-hydroxylation sites is 1. The van der Waals surface area contributed by atoms with E-state index in [0.29, 0.717) is 39.2 Å². The summed E-state index contributed by atoms with van der Waals surface area (Å²) < 4.78 is 10.4. The van der Waals surface area contributed by atoms with Gasteiger partial charge in [0.1, 0.15) is 5.75 Å². The van der Waals surface area contributed by atoms with Crippen molar-refractivity contribution < 1.29 is 19.1 Å². The molecule has 0 saturated carbocycles. The van der Waals surface area contributed by atoms with Crippen molar-refractivity contribution in [2.75, 3.05) is 39.9 Å². The summed E-state index contributed by atoms with van der Waals surface area (Å²) in [6.07, 6.45) is 2.05. The molecule has 1 aliphatic heterocycles. The third kappa shape index (κ3) is 4.56. The van der Waals surface area contributed by atoms with E-state index < -0.39 is 0 Å². The average molecular weight is 436 g/mol. The van der Waals surface area contributed by atoms with E-state index in [0.717, 1.165) is 27.8 Å². The molecule has 1 aromatic heterocycles. The molecule has 7 nitrogen and oxygen atoms in total. The van der Waals surface area contributed by atoms with Gasteiger partial charge in [0, 0.05) is 55.6 Å². The van der Waals surface area contributed by atoms with Gasteiger partial charge in [0.2, 0.25) is 5.91 Å². The molecule has 0 bridgehead atoms. The van der Waals surface area contributed by atoms with Crippen LogP contribution in [0.2, 0.25) is 0 Å². The van der Waals surface area contributed by atoms with Gasteiger partial charge in [-0.05, 0) is 36.2 Å². The summed E-state index contributed by atoms with van der Waals surface area (Å²) in [6.45, 7) is 4.16. The molecule has 0 radical (unpaired) electrons. The Morgan fingerprint density at radius 1 is 1.00 bits per heavy atom. The van der Waals surface area contributed by atoms with E-state index in [-0.39, 0.29) is 17.9 Å². The molecule has 0 spiro atoms. The highest BCUT2D eigenvalue weighted by molar-refractivity contribution is 5.86. The number of rotatable bonds is 6. The van der Waals surface area contributed by atoms with E-state index in [1.165, 1.54) is 0 Å². The van der Waals surface area contributed by atoms with Crippen LogP contribution in [0.3, 0.4) is 0 Å². The van der Waals surface area contributed by atoms with Gasteiger partial charge in [-0.3, -0.25) is 4.79 Å². The summed E-state index contributed by atoms with van der Waals surface area (Å²) in [5.74, 6) is 0.778. The van der Waals surface area contributed by atoms with E-state index in [1.54, 1.807) is 18.9 Å². The second-order valence-electron chi connectivity index (χ2n) is 7.89. The Kier molecular flexibility index (Phi) is 6.63. The Morgan fingerprint density at radius 2 is 1.69 bits per heavy atom. The van der Waals surface area contributed by atoms with Gasteiger partial charge in [-0.2, -0.15) is 0 Å². The van der Waals surface area contributed by atoms with Crippen LogP contribution in [0.4, 0.5) is 4.79 Å². The molecular formula is C25H29N3O4. The Balaban J connectivity index is 1.54. The number of carbonyl (C=O) groups is 2. The number of ether oxygens (including phenoxy) is 2. The number of methoxy groups -OCH3 is 1. The van der Waals surface area contributed by atoms with Crippen molar-refractivity contribution >= 4 is 22.9 Å². The van der Waals surface area contributed by atoms with Crippen molar-refractivity contribution in [3.8, 4) is 5.75 Å². The first-order chi connectivity index (χ1) is 15.6. The van der Waals surface area contributed by atoms with E-state index in [4.69, 9.17) is 9.47 Å². The van der Waals surface area contributed by atoms with E-state index in [2.05, 4.69) is 11.1 Å². The molecule has 1 fully saturated rings. The number of nitrogens with one attached hydrogen (secondary N) is 1. The van der Waals surface area contributed by atoms with Gasteiger partial charge in [-0.1, -0.05) is 30.3 Å². The predicted octanol–water partition coefficient (Wildman–Crippen LogP) is 4.00. The summed E-state index contributed by atoms with van der Waals surface area (Å²) >= 11 is 0. The number of hydrogen-bond donors (Lipinski definition) is 1. The van der Waals surface area contributed by atoms with Crippen LogP contribution in [0.1, 0.15) is 30.4 Å². The second kappa shape index (κ2) is 9.77. The standard InChI is InChI=1S/C25H29N3O4/c1-3-32-25(30)28-14-12-27(13-15-28)24(29)16-21(18-8-10-19(31-2)11-9-18)22-17-26-23-7-5-4-6-20(22)23/h4-11,17,21,26H,3,12-16H2,1-2H3. The predicted molar refractivity (Wildman–Crippen MR) is 123 cm³/mol. The molecule has 2 heterocycles. The number of piperazine rings is 1. The molecule has 1 aliphatic rings. The van der Waals surface area contributed by atoms with Gasteiger partial charge in [0.15, 0.2) is 0 Å². The first-order valence-corrected chi connectivity index (χ1v) is 11.0. The molecule has 0 aliphatic carbocycles. The minimum absolute atomic E-state index is 0.0830. The Bertz CT molecular complexity index is 1070. The summed E-state index contributed by atoms with van der Waals surface area (Å²) in [4.78, 5) is 32.1. The summed E-state index contributed by atoms with van der Waals surface area (Å²) in [6, 6.07) is 16.1. The summed E-state index contributed by atoms with van der Waals surface area (Å²) in [5.41, 5.74) is 3.22. The zero-order chi connectivity index (χ0) is 22.5. The molecule has 1 atom stereocenters. The minimum Gasteiger partial charge on any atom is -0.497 e. The minimum atomic E-state index is -0.311. The first kappa shape index (κ1) is 21.7. The fourth-order valence-corrected chi connectivity index (χ4v) is 4.28. The van der Waals surface area contributed by atoms with Crippen molar-refractivity contribution in [2.24, 2.45) is 0 Å². The van der Waals surface area contributed by atoms with Crippen LogP contribution in [0.5, 0.6) is 5.75 Å². The van der Waals surface area contributed by atoms with Gasteiger partial charge in [0.25, 0.3) is 0 Å². The molecule has 3 aromatic rings. The third-order valence-electron chi connectivity index (χ3n) is 6.05. The third-order valence-corrected chi connectivity index (χ3v) is 6.05. The number of H-pyrrole nitrogens is 1. The molecule has 168 valence electrons. The lowest BCUT2D eigenvalue weighted by atomic mass is 9.87. The quantitative estimate of drug-likeness (QED) is 0.635. The van der Waals surface area contributed by atoms with Crippen LogP contribution < -0.4 is 4.74 Å². The smallest absolute Gasteiger partial charge is 0.409 e. The van der Waals surface area contributed by atoms with Crippen LogP contribution in [0.15, 0.2) is 54.7 Å². The molecular weight excluding hydrogens is 406 g/mol. The zero-order valence-electron chi connectivity index (χ0n) is 18.5. The summed E-state index contributed by atoms with van der Waals surface area (Å²) in [5, 5.41) is 1.12. The van der Waals surface area contributed by atoms with Crippen LogP contribution in [-0.4, -0.2) is 66.7 Å². The highest BCUT2D eigenvalue weighted by Gasteiger charge is 2.28. The molecule has 1 N–H and O–H groups in total. The number of benzene rings is 2. The first-order valence-electron chi connectivity index (χ1n) is 11.0. The summed E-state index contributed by atoms with van der Waals surface area (Å²) in [7, 11) is 1.64. The fraction of sp³-hybridized carbons (Fsp3) is 0.360. The highest BCUT2D eigenvalue weighted by atomic mass is 16.6. The van der Waals surface area contributed by atoms with E-state index >= 15 is 0 Å². The lowest BCUT2D eigenvalue weighted by Crippen LogP contribution is -2.50. The van der Waals surface area contributed by atoms with Crippen molar-refractivity contribution in [1.82, 2.24) is 14.8 Å². The number of aromatic amines is 1. The maximum Gasteiger partial charge on any atom is 0.409 e. The normalized spacial score (nSPS) is 14.9. The molecule has 7 heteroatoms. The van der Waals surface area contributed by atoms with Gasteiger partial charge in [0.05, 0.1) is 13.7 Å². The van der Waals surface area contributed by atoms with Crippen LogP contribution >= 0.6 is 0 Å². The largest absolute Gasteiger partial charge is 0.497 e. The van der Waals surface area contributed by atoms with E-state index in [1.807, 2.05) is 53.6 Å². The van der Waals surface area contributed by atoms with Gasteiger partial charge in [-0.25, -0.2) is 4.79 Å². The molecule has 32 heavy (non-hydrogen) atoms. The van der Waals surface area contributed by atoms with Crippen molar-refractivity contribution in [2.45, 2.75) is 19.3 Å². The van der Waals surface area contributed by atoms with Gasteiger partial charge < -0.3 is 24.3 Å². The second-order valence-corrected chi connectivity index (χ2v) is 7.89. The topological polar surface area (TPSA) is 74.9 Å². The molecule has 1 saturated heterocycles. The Hall–Kier alpha value is -3.48. The Labute approximate surface area is 187 Å². The monoisotopic (exact) mass is 435 g/mol. The van der Waals surface area contributed by atoms with Gasteiger partial charge in [-0.15, -0.1) is 0 Å². The SMILES string of the molecule is CCOC(=O)N1CCN(C(=O)CC(c2ccc(OC)cc2)c2c[nH]c3ccccc23)CC1.